The molecular weight excluding hydrogens is 712 g/mol. The first kappa shape index (κ1) is 36.5. The molecule has 0 amide bonds. The van der Waals surface area contributed by atoms with Gasteiger partial charge in [0.2, 0.25) is 6.29 Å². The van der Waals surface area contributed by atoms with Crippen LogP contribution in [0.25, 0.3) is 0 Å². The molecule has 4 aromatic rings. The third kappa shape index (κ3) is 7.73. The van der Waals surface area contributed by atoms with Gasteiger partial charge in [0.05, 0.1) is 22.3 Å². The molecule has 0 bridgehead atoms. The van der Waals surface area contributed by atoms with Crippen LogP contribution in [0.4, 0.5) is 0 Å². The molecule has 0 radical (unpaired) electrons. The summed E-state index contributed by atoms with van der Waals surface area (Å²) in [6.07, 6.45) is -6.29. The molecule has 0 aliphatic heterocycles. The second-order valence-electron chi connectivity index (χ2n) is 10.1. The van der Waals surface area contributed by atoms with Crippen molar-refractivity contribution in [2.45, 2.75) is 29.8 Å². The summed E-state index contributed by atoms with van der Waals surface area (Å²) in [5.41, 5.74) is -1.35. The molecule has 0 heterocycles. The molecule has 254 valence electrons. The summed E-state index contributed by atoms with van der Waals surface area (Å²) < 4.78 is 17.9. The van der Waals surface area contributed by atoms with E-state index in [2.05, 4.69) is 15.9 Å². The van der Waals surface area contributed by atoms with Gasteiger partial charge < -0.3 is 44.5 Å². The average molecular weight is 739 g/mol. The van der Waals surface area contributed by atoms with Crippen LogP contribution in [-0.4, -0.2) is 83.9 Å². The minimum atomic E-state index is -4.60. The Hall–Kier alpha value is -5.29. The van der Waals surface area contributed by atoms with Gasteiger partial charge in [0.1, 0.15) is 0 Å². The molecule has 14 nitrogen and oxygen atoms in total. The van der Waals surface area contributed by atoms with Crippen LogP contribution in [0.3, 0.4) is 0 Å². The molecule has 15 heteroatoms. The topological polar surface area (TPSA) is 223 Å². The third-order valence-electron chi connectivity index (χ3n) is 6.88. The van der Waals surface area contributed by atoms with Crippen molar-refractivity contribution >= 4 is 44.5 Å². The number of hydrogen-bond donors (Lipinski definition) is 5. The highest BCUT2D eigenvalue weighted by atomic mass is 79.9. The van der Waals surface area contributed by atoms with Gasteiger partial charge in [0.15, 0.2) is 6.10 Å². The van der Waals surface area contributed by atoms with E-state index in [1.807, 2.05) is 0 Å². The molecule has 49 heavy (non-hydrogen) atoms. The zero-order chi connectivity index (χ0) is 35.8. The van der Waals surface area contributed by atoms with Crippen molar-refractivity contribution in [1.29, 1.82) is 0 Å². The molecule has 0 saturated carbocycles. The summed E-state index contributed by atoms with van der Waals surface area (Å²) in [6, 6.07) is 26.2. The van der Waals surface area contributed by atoms with Crippen LogP contribution < -0.4 is 0 Å². The van der Waals surface area contributed by atoms with Gasteiger partial charge in [0, 0.05) is 0 Å². The molecule has 4 aromatic carbocycles. The van der Waals surface area contributed by atoms with Crippen LogP contribution in [0.15, 0.2) is 121 Å². The van der Waals surface area contributed by atoms with Gasteiger partial charge >= 0.3 is 41.2 Å². The molecule has 5 atom stereocenters. The highest BCUT2D eigenvalue weighted by molar-refractivity contribution is 9.18. The summed E-state index contributed by atoms with van der Waals surface area (Å²) in [5, 5.41) is 58.2. The van der Waals surface area contributed by atoms with Crippen LogP contribution in [-0.2, 0) is 23.7 Å². The number of benzene rings is 4. The lowest BCUT2D eigenvalue weighted by Crippen LogP contribution is -2.78. The minimum Gasteiger partial charge on any atom is -0.429 e. The largest absolute Gasteiger partial charge is 0.429 e. The van der Waals surface area contributed by atoms with Gasteiger partial charge in [-0.15, -0.1) is 0 Å². The Labute approximate surface area is 285 Å². The maximum atomic E-state index is 13.4. The van der Waals surface area contributed by atoms with E-state index in [0.29, 0.717) is 0 Å². The first-order chi connectivity index (χ1) is 23.2. The standard InChI is InChI=1S/C34H27BrO14/c35-31(42)33(44,48-28(39)23-17-9-3-10-18-23)34(45,49-29(40)24-19-11-4-12-20-24)32(43,47-27(38)22-15-7-2-8-16-22)25(36)30(41)46-26(37)21-13-5-1-6-14-21/h1-20,25,30,36,41,43-45H/t25-,30?,32-,33-,34-/m1/s1. The van der Waals surface area contributed by atoms with Crippen molar-refractivity contribution in [3.8, 4) is 0 Å². The smallest absolute Gasteiger partial charge is 0.356 e. The lowest BCUT2D eigenvalue weighted by atomic mass is 9.90. The van der Waals surface area contributed by atoms with Gasteiger partial charge in [-0.25, -0.2) is 19.2 Å². The lowest BCUT2D eigenvalue weighted by molar-refractivity contribution is -0.451. The number of carbonyl (C=O) groups excluding carboxylic acids is 5. The number of carbonyl (C=O) groups is 5. The molecule has 5 N–H and O–H groups in total. The van der Waals surface area contributed by atoms with Gasteiger partial charge in [-0.05, 0) is 64.5 Å². The molecule has 4 rings (SSSR count). The van der Waals surface area contributed by atoms with Gasteiger partial charge in [0.25, 0.3) is 4.69 Å². The van der Waals surface area contributed by atoms with E-state index < -0.39 is 69.5 Å². The number of aliphatic hydroxyl groups is 5. The highest BCUT2D eigenvalue weighted by Crippen LogP contribution is 2.43. The van der Waals surface area contributed by atoms with Crippen LogP contribution in [0, 0.1) is 0 Å². The van der Waals surface area contributed by atoms with E-state index in [-0.39, 0.29) is 11.1 Å². The number of halogens is 1. The number of aliphatic hydroxyl groups excluding tert-OH is 2. The van der Waals surface area contributed by atoms with E-state index in [4.69, 9.17) is 18.9 Å². The van der Waals surface area contributed by atoms with Crippen LogP contribution in [0.5, 0.6) is 0 Å². The fourth-order valence-corrected chi connectivity index (χ4v) is 4.63. The summed E-state index contributed by atoms with van der Waals surface area (Å²) in [4.78, 5) is 65.8. The summed E-state index contributed by atoms with van der Waals surface area (Å²) >= 11 is 2.34. The van der Waals surface area contributed by atoms with Crippen molar-refractivity contribution in [3.05, 3.63) is 144 Å². The monoisotopic (exact) mass is 738 g/mol. The fraction of sp³-hybridized carbons (Fsp3) is 0.147. The zero-order valence-corrected chi connectivity index (χ0v) is 26.6. The van der Waals surface area contributed by atoms with Crippen molar-refractivity contribution in [3.63, 3.8) is 0 Å². The van der Waals surface area contributed by atoms with Crippen molar-refractivity contribution in [1.82, 2.24) is 0 Å². The molecule has 0 spiro atoms. The SMILES string of the molecule is O=C(OC(O)[C@@H](O)[C@@](O)(OC(=O)c1ccccc1)[C@@](O)(OC(=O)c1ccccc1)[C@](O)(OC(=O)c1ccccc1)C(=O)Br)c1ccccc1. The fourth-order valence-electron chi connectivity index (χ4n) is 4.28. The van der Waals surface area contributed by atoms with E-state index >= 15 is 0 Å². The molecule has 0 aliphatic carbocycles. The molecule has 1 unspecified atom stereocenters. The molecule has 0 fully saturated rings. The van der Waals surface area contributed by atoms with Crippen molar-refractivity contribution in [2.24, 2.45) is 0 Å². The van der Waals surface area contributed by atoms with E-state index in [0.717, 1.165) is 36.4 Å². The van der Waals surface area contributed by atoms with Crippen LogP contribution in [0.1, 0.15) is 41.4 Å². The molecule has 0 aromatic heterocycles. The Morgan fingerprint density at radius 2 is 0.837 bits per heavy atom. The maximum Gasteiger partial charge on any atom is 0.356 e. The van der Waals surface area contributed by atoms with Gasteiger partial charge in [-0.1, -0.05) is 72.8 Å². The quantitative estimate of drug-likeness (QED) is 0.0574. The minimum absolute atomic E-state index is 0.187. The second kappa shape index (κ2) is 15.3. The maximum absolute atomic E-state index is 13.4. The van der Waals surface area contributed by atoms with E-state index in [9.17, 15) is 49.5 Å². The van der Waals surface area contributed by atoms with Gasteiger partial charge in [-0.3, -0.25) is 4.79 Å². The van der Waals surface area contributed by atoms with Crippen molar-refractivity contribution in [2.75, 3.05) is 0 Å². The first-order valence-electron chi connectivity index (χ1n) is 14.1. The number of esters is 4. The molecular formula is C34H27BrO14. The molecule has 0 aliphatic rings. The van der Waals surface area contributed by atoms with Gasteiger partial charge in [-0.2, -0.15) is 0 Å². The predicted molar refractivity (Wildman–Crippen MR) is 168 cm³/mol. The normalized spacial score (nSPS) is 15.9. The Morgan fingerprint density at radius 3 is 1.20 bits per heavy atom. The Balaban J connectivity index is 1.91. The average Bonchev–Trinajstić information content (AvgIpc) is 3.12. The number of rotatable bonds is 13. The predicted octanol–water partition coefficient (Wildman–Crippen LogP) is 2.08. The Morgan fingerprint density at radius 1 is 0.510 bits per heavy atom. The van der Waals surface area contributed by atoms with E-state index in [1.165, 1.54) is 78.9 Å². The zero-order valence-electron chi connectivity index (χ0n) is 25.0. The summed E-state index contributed by atoms with van der Waals surface area (Å²) in [5.74, 6) is -19.5. The Bertz CT molecular complexity index is 1790. The summed E-state index contributed by atoms with van der Waals surface area (Å²) in [6.45, 7) is 0. The highest BCUT2D eigenvalue weighted by Gasteiger charge is 2.77. The second-order valence-corrected chi connectivity index (χ2v) is 10.9. The lowest BCUT2D eigenvalue weighted by Gasteiger charge is -2.48. The van der Waals surface area contributed by atoms with Crippen molar-refractivity contribution < 1.29 is 68.5 Å². The number of ether oxygens (including phenoxy) is 4. The van der Waals surface area contributed by atoms with Crippen LogP contribution in [0.2, 0.25) is 0 Å². The first-order valence-corrected chi connectivity index (χ1v) is 14.9. The number of hydrogen-bond acceptors (Lipinski definition) is 14. The third-order valence-corrected chi connectivity index (χ3v) is 7.41. The van der Waals surface area contributed by atoms with Crippen LogP contribution >= 0.6 is 15.9 Å². The molecule has 0 saturated heterocycles. The Kier molecular flexibility index (Phi) is 11.4. The summed E-state index contributed by atoms with van der Waals surface area (Å²) in [7, 11) is 0. The van der Waals surface area contributed by atoms with E-state index in [1.54, 1.807) is 6.07 Å².